The van der Waals surface area contributed by atoms with Crippen LogP contribution in [0, 0.1) is 0 Å². The molecule has 2 N–H and O–H groups in total. The minimum Gasteiger partial charge on any atom is -0.494 e. The third kappa shape index (κ3) is 4.18. The lowest BCUT2D eigenvalue weighted by atomic mass is 9.93. The Kier molecular flexibility index (Phi) is 6.80. The van der Waals surface area contributed by atoms with Crippen LogP contribution < -0.4 is 10.1 Å². The van der Waals surface area contributed by atoms with Gasteiger partial charge in [-0.25, -0.2) is 0 Å². The van der Waals surface area contributed by atoms with Gasteiger partial charge in [0.05, 0.1) is 22.7 Å². The SMILES string of the molecule is CCC(CC)(CO)NCc1cc(Br)c(OC)c(Br)c1. The summed E-state index contributed by atoms with van der Waals surface area (Å²) in [4.78, 5) is 0. The molecule has 1 aromatic rings. The highest BCUT2D eigenvalue weighted by molar-refractivity contribution is 9.11. The molecule has 0 aliphatic heterocycles. The Bertz CT molecular complexity index is 389. The first-order chi connectivity index (χ1) is 9.01. The van der Waals surface area contributed by atoms with Gasteiger partial charge >= 0.3 is 0 Å². The normalized spacial score (nSPS) is 11.7. The first kappa shape index (κ1) is 17.0. The number of nitrogens with one attached hydrogen (secondary N) is 1. The molecule has 108 valence electrons. The van der Waals surface area contributed by atoms with Gasteiger partial charge in [-0.3, -0.25) is 0 Å². The maximum Gasteiger partial charge on any atom is 0.147 e. The van der Waals surface area contributed by atoms with Crippen molar-refractivity contribution in [2.24, 2.45) is 0 Å². The smallest absolute Gasteiger partial charge is 0.147 e. The highest BCUT2D eigenvalue weighted by atomic mass is 79.9. The summed E-state index contributed by atoms with van der Waals surface area (Å²) in [6.45, 7) is 5.04. The number of hydrogen-bond donors (Lipinski definition) is 2. The minimum absolute atomic E-state index is 0.151. The van der Waals surface area contributed by atoms with E-state index in [2.05, 4.69) is 51.0 Å². The first-order valence-corrected chi connectivity index (χ1v) is 7.98. The van der Waals surface area contributed by atoms with E-state index in [-0.39, 0.29) is 12.1 Å². The van der Waals surface area contributed by atoms with Crippen molar-refractivity contribution in [2.45, 2.75) is 38.8 Å². The molecule has 0 heterocycles. The zero-order valence-electron chi connectivity index (χ0n) is 11.6. The van der Waals surface area contributed by atoms with Gasteiger partial charge in [-0.1, -0.05) is 13.8 Å². The second-order valence-electron chi connectivity index (χ2n) is 4.59. The molecule has 0 aliphatic carbocycles. The molecule has 0 saturated carbocycles. The fourth-order valence-corrected chi connectivity index (χ4v) is 3.58. The number of aliphatic hydroxyl groups excluding tert-OH is 1. The van der Waals surface area contributed by atoms with Crippen LogP contribution in [0.2, 0.25) is 0 Å². The van der Waals surface area contributed by atoms with Crippen LogP contribution in [0.3, 0.4) is 0 Å². The summed E-state index contributed by atoms with van der Waals surface area (Å²) in [7, 11) is 1.65. The fraction of sp³-hybridized carbons (Fsp3) is 0.571. The third-order valence-corrected chi connectivity index (χ3v) is 4.76. The molecule has 0 aliphatic rings. The number of rotatable bonds is 7. The third-order valence-electron chi connectivity index (χ3n) is 3.59. The van der Waals surface area contributed by atoms with Crippen molar-refractivity contribution in [1.29, 1.82) is 0 Å². The number of aliphatic hydroxyl groups is 1. The van der Waals surface area contributed by atoms with E-state index in [1.54, 1.807) is 7.11 Å². The Labute approximate surface area is 132 Å². The molecule has 0 amide bonds. The van der Waals surface area contributed by atoms with Crippen LogP contribution in [-0.4, -0.2) is 24.4 Å². The van der Waals surface area contributed by atoms with E-state index in [0.717, 1.165) is 33.1 Å². The van der Waals surface area contributed by atoms with E-state index in [0.29, 0.717) is 6.54 Å². The van der Waals surface area contributed by atoms with Gasteiger partial charge in [-0.15, -0.1) is 0 Å². The van der Waals surface area contributed by atoms with Crippen molar-refractivity contribution >= 4 is 31.9 Å². The predicted molar refractivity (Wildman–Crippen MR) is 85.6 cm³/mol. The summed E-state index contributed by atoms with van der Waals surface area (Å²) in [5, 5.41) is 13.0. The van der Waals surface area contributed by atoms with Crippen molar-refractivity contribution in [1.82, 2.24) is 5.32 Å². The van der Waals surface area contributed by atoms with Crippen LogP contribution in [0.15, 0.2) is 21.1 Å². The van der Waals surface area contributed by atoms with Crippen LogP contribution in [0.1, 0.15) is 32.3 Å². The molecule has 1 aromatic carbocycles. The average Bonchev–Trinajstić information content (AvgIpc) is 2.41. The molecule has 0 unspecified atom stereocenters. The number of methoxy groups -OCH3 is 1. The monoisotopic (exact) mass is 393 g/mol. The molecular formula is C14H21Br2NO2. The lowest BCUT2D eigenvalue weighted by Gasteiger charge is -2.31. The first-order valence-electron chi connectivity index (χ1n) is 6.39. The molecule has 0 radical (unpaired) electrons. The van der Waals surface area contributed by atoms with E-state index in [9.17, 15) is 5.11 Å². The van der Waals surface area contributed by atoms with E-state index in [1.165, 1.54) is 0 Å². The lowest BCUT2D eigenvalue weighted by Crippen LogP contribution is -2.47. The molecule has 0 fully saturated rings. The number of hydrogen-bond acceptors (Lipinski definition) is 3. The summed E-state index contributed by atoms with van der Waals surface area (Å²) in [6.07, 6.45) is 1.80. The Morgan fingerprint density at radius 3 is 2.11 bits per heavy atom. The zero-order valence-corrected chi connectivity index (χ0v) is 14.8. The Balaban J connectivity index is 2.84. The molecular weight excluding hydrogens is 374 g/mol. The Hall–Kier alpha value is -0.100. The molecule has 0 spiro atoms. The van der Waals surface area contributed by atoms with E-state index in [4.69, 9.17) is 4.74 Å². The van der Waals surface area contributed by atoms with Gasteiger partial charge in [0, 0.05) is 12.1 Å². The standard InChI is InChI=1S/C14H21Br2NO2/c1-4-14(5-2,9-18)17-8-10-6-11(15)13(19-3)12(16)7-10/h6-7,17-18H,4-5,8-9H2,1-3H3. The molecule has 0 aromatic heterocycles. The second kappa shape index (κ2) is 7.62. The van der Waals surface area contributed by atoms with Gasteiger partial charge in [0.25, 0.3) is 0 Å². The number of benzene rings is 1. The average molecular weight is 395 g/mol. The second-order valence-corrected chi connectivity index (χ2v) is 6.30. The maximum absolute atomic E-state index is 9.54. The molecule has 0 atom stereocenters. The zero-order chi connectivity index (χ0) is 14.5. The van der Waals surface area contributed by atoms with Crippen molar-refractivity contribution in [2.75, 3.05) is 13.7 Å². The van der Waals surface area contributed by atoms with E-state index in [1.807, 2.05) is 12.1 Å². The molecule has 0 saturated heterocycles. The van der Waals surface area contributed by atoms with Gasteiger partial charge < -0.3 is 15.2 Å². The van der Waals surface area contributed by atoms with E-state index < -0.39 is 0 Å². The highest BCUT2D eigenvalue weighted by Gasteiger charge is 2.24. The van der Waals surface area contributed by atoms with Crippen molar-refractivity contribution in [3.8, 4) is 5.75 Å². The summed E-state index contributed by atoms with van der Waals surface area (Å²) < 4.78 is 7.13. The van der Waals surface area contributed by atoms with Crippen LogP contribution in [0.25, 0.3) is 0 Å². The largest absolute Gasteiger partial charge is 0.494 e. The summed E-state index contributed by atoms with van der Waals surface area (Å²) >= 11 is 7.00. The van der Waals surface area contributed by atoms with Crippen molar-refractivity contribution < 1.29 is 9.84 Å². The molecule has 1 rings (SSSR count). The van der Waals surface area contributed by atoms with Gasteiger partial charge in [0.15, 0.2) is 0 Å². The van der Waals surface area contributed by atoms with Gasteiger partial charge in [-0.2, -0.15) is 0 Å². The summed E-state index contributed by atoms with van der Waals surface area (Å²) in [5.41, 5.74) is 0.943. The molecule has 0 bridgehead atoms. The van der Waals surface area contributed by atoms with Gasteiger partial charge in [0.2, 0.25) is 0 Å². The van der Waals surface area contributed by atoms with Crippen LogP contribution in [0.5, 0.6) is 5.75 Å². The Morgan fingerprint density at radius 1 is 1.21 bits per heavy atom. The van der Waals surface area contributed by atoms with Crippen molar-refractivity contribution in [3.05, 3.63) is 26.6 Å². The fourth-order valence-electron chi connectivity index (χ4n) is 1.98. The minimum atomic E-state index is -0.196. The predicted octanol–water partition coefficient (Wildman–Crippen LogP) is 3.86. The van der Waals surface area contributed by atoms with Crippen molar-refractivity contribution in [3.63, 3.8) is 0 Å². The van der Waals surface area contributed by atoms with E-state index >= 15 is 0 Å². The highest BCUT2D eigenvalue weighted by Crippen LogP contribution is 2.34. The topological polar surface area (TPSA) is 41.5 Å². The maximum atomic E-state index is 9.54. The van der Waals surface area contributed by atoms with Crippen LogP contribution in [-0.2, 0) is 6.54 Å². The quantitative estimate of drug-likeness (QED) is 0.737. The number of halogens is 2. The van der Waals surface area contributed by atoms with Gasteiger partial charge in [-0.05, 0) is 62.4 Å². The molecule has 19 heavy (non-hydrogen) atoms. The summed E-state index contributed by atoms with van der Waals surface area (Å²) in [5.74, 6) is 0.795. The van der Waals surface area contributed by atoms with Crippen LogP contribution >= 0.6 is 31.9 Å². The number of ether oxygens (including phenoxy) is 1. The summed E-state index contributed by atoms with van der Waals surface area (Å²) in [6, 6.07) is 4.06. The molecule has 3 nitrogen and oxygen atoms in total. The lowest BCUT2D eigenvalue weighted by molar-refractivity contribution is 0.149. The van der Waals surface area contributed by atoms with Crippen LogP contribution in [0.4, 0.5) is 0 Å². The Morgan fingerprint density at radius 2 is 1.74 bits per heavy atom. The van der Waals surface area contributed by atoms with Gasteiger partial charge in [0.1, 0.15) is 5.75 Å². The molecule has 5 heteroatoms.